The maximum absolute atomic E-state index is 11.3. The molecule has 1 rings (SSSR count). The zero-order valence-corrected chi connectivity index (χ0v) is 8.12. The molecule has 0 aliphatic heterocycles. The monoisotopic (exact) mass is 208 g/mol. The number of anilines is 1. The molecule has 5 nitrogen and oxygen atoms in total. The lowest BCUT2D eigenvalue weighted by Gasteiger charge is -2.04. The summed E-state index contributed by atoms with van der Waals surface area (Å²) >= 11 is 0. The van der Waals surface area contributed by atoms with Crippen molar-refractivity contribution in [1.29, 1.82) is 0 Å². The highest BCUT2D eigenvalue weighted by Gasteiger charge is 2.09. The molecule has 1 aromatic heterocycles. The predicted molar refractivity (Wildman–Crippen MR) is 56.7 cm³/mol. The van der Waals surface area contributed by atoms with Crippen LogP contribution in [0.1, 0.15) is 11.3 Å². The number of hydrogen-bond donors (Lipinski definition) is 3. The molecule has 4 N–H and O–H groups in total. The van der Waals surface area contributed by atoms with Crippen molar-refractivity contribution in [1.82, 2.24) is 4.98 Å². The number of nitrogens with two attached hydrogens (primary N) is 1. The standard InChI is InChI=1S/C10H12N2O3/c1-2-3-7-4-6(5-8(13)14)9(11)10(15)12-7/h2,4H,1,3,5,11H2,(H,12,15)(H,13,14). The Bertz CT molecular complexity index is 448. The highest BCUT2D eigenvalue weighted by atomic mass is 16.4. The van der Waals surface area contributed by atoms with Crippen LogP contribution >= 0.6 is 0 Å². The molecule has 1 heterocycles. The topological polar surface area (TPSA) is 96.2 Å². The van der Waals surface area contributed by atoms with Crippen LogP contribution < -0.4 is 11.3 Å². The fourth-order valence-electron chi connectivity index (χ4n) is 1.26. The summed E-state index contributed by atoms with van der Waals surface area (Å²) in [6.45, 7) is 3.53. The van der Waals surface area contributed by atoms with E-state index in [4.69, 9.17) is 10.8 Å². The molecule has 0 aliphatic carbocycles. The van der Waals surface area contributed by atoms with Crippen LogP contribution in [-0.2, 0) is 17.6 Å². The molecule has 0 aromatic carbocycles. The van der Waals surface area contributed by atoms with Crippen LogP contribution in [0.15, 0.2) is 23.5 Å². The quantitative estimate of drug-likeness (QED) is 0.620. The highest BCUT2D eigenvalue weighted by molar-refractivity contribution is 5.72. The Morgan fingerprint density at radius 2 is 2.33 bits per heavy atom. The van der Waals surface area contributed by atoms with Crippen molar-refractivity contribution in [2.75, 3.05) is 5.73 Å². The number of carboxylic acids is 1. The summed E-state index contributed by atoms with van der Waals surface area (Å²) in [5, 5.41) is 8.62. The Kier molecular flexibility index (Phi) is 3.28. The van der Waals surface area contributed by atoms with Crippen molar-refractivity contribution in [3.05, 3.63) is 40.3 Å². The lowest BCUT2D eigenvalue weighted by molar-refractivity contribution is -0.136. The minimum atomic E-state index is -1.02. The maximum atomic E-state index is 11.3. The molecule has 0 atom stereocenters. The maximum Gasteiger partial charge on any atom is 0.307 e. The highest BCUT2D eigenvalue weighted by Crippen LogP contribution is 2.09. The largest absolute Gasteiger partial charge is 0.481 e. The van der Waals surface area contributed by atoms with E-state index in [-0.39, 0.29) is 12.1 Å². The predicted octanol–water partition coefficient (Wildman–Crippen LogP) is 0.313. The molecule has 0 amide bonds. The second kappa shape index (κ2) is 4.45. The van der Waals surface area contributed by atoms with Crippen molar-refractivity contribution in [2.45, 2.75) is 12.8 Å². The van der Waals surface area contributed by atoms with E-state index in [1.807, 2.05) is 0 Å². The molecule has 0 aliphatic rings. The molecular formula is C10H12N2O3. The van der Waals surface area contributed by atoms with Crippen molar-refractivity contribution in [3.8, 4) is 0 Å². The first-order valence-electron chi connectivity index (χ1n) is 4.38. The lowest BCUT2D eigenvalue weighted by atomic mass is 10.1. The summed E-state index contributed by atoms with van der Waals surface area (Å²) in [4.78, 5) is 24.4. The average molecular weight is 208 g/mol. The Morgan fingerprint density at radius 3 is 2.87 bits per heavy atom. The van der Waals surface area contributed by atoms with E-state index in [0.29, 0.717) is 17.7 Å². The van der Waals surface area contributed by atoms with E-state index < -0.39 is 11.5 Å². The number of aromatic amines is 1. The number of aliphatic carboxylic acids is 1. The molecule has 80 valence electrons. The van der Waals surface area contributed by atoms with Gasteiger partial charge in [-0.05, 0) is 11.6 Å². The summed E-state index contributed by atoms with van der Waals surface area (Å²) in [6, 6.07) is 1.58. The average Bonchev–Trinajstić information content (AvgIpc) is 2.13. The second-order valence-electron chi connectivity index (χ2n) is 3.13. The van der Waals surface area contributed by atoms with Gasteiger partial charge in [-0.15, -0.1) is 6.58 Å². The second-order valence-corrected chi connectivity index (χ2v) is 3.13. The third kappa shape index (κ3) is 2.70. The summed E-state index contributed by atoms with van der Waals surface area (Å²) in [7, 11) is 0. The molecule has 15 heavy (non-hydrogen) atoms. The Morgan fingerprint density at radius 1 is 1.67 bits per heavy atom. The number of pyridine rings is 1. The van der Waals surface area contributed by atoms with Gasteiger partial charge in [0, 0.05) is 12.1 Å². The van der Waals surface area contributed by atoms with E-state index in [2.05, 4.69) is 11.6 Å². The van der Waals surface area contributed by atoms with Gasteiger partial charge in [0.15, 0.2) is 0 Å². The first-order chi connectivity index (χ1) is 7.04. The minimum absolute atomic E-state index is 0.0368. The number of allylic oxidation sites excluding steroid dienone is 1. The van der Waals surface area contributed by atoms with Crippen LogP contribution in [0.25, 0.3) is 0 Å². The van der Waals surface area contributed by atoms with Gasteiger partial charge < -0.3 is 15.8 Å². The zero-order valence-electron chi connectivity index (χ0n) is 8.12. The number of rotatable bonds is 4. The van der Waals surface area contributed by atoms with Crippen LogP contribution in [0.3, 0.4) is 0 Å². The van der Waals surface area contributed by atoms with Gasteiger partial charge in [0.1, 0.15) is 5.69 Å². The Balaban J connectivity index is 3.18. The third-order valence-electron chi connectivity index (χ3n) is 1.92. The molecule has 0 unspecified atom stereocenters. The number of hydrogen-bond acceptors (Lipinski definition) is 3. The molecule has 1 aromatic rings. The first kappa shape index (κ1) is 11.0. The number of carboxylic acid groups (broad SMARTS) is 1. The number of nitrogen functional groups attached to an aromatic ring is 1. The normalized spacial score (nSPS) is 9.87. The van der Waals surface area contributed by atoms with Crippen LogP contribution in [0.2, 0.25) is 0 Å². The van der Waals surface area contributed by atoms with Gasteiger partial charge in [0.05, 0.1) is 6.42 Å². The molecule has 0 radical (unpaired) electrons. The van der Waals surface area contributed by atoms with E-state index in [9.17, 15) is 9.59 Å². The van der Waals surface area contributed by atoms with Gasteiger partial charge in [0.2, 0.25) is 0 Å². The number of nitrogens with one attached hydrogen (secondary N) is 1. The van der Waals surface area contributed by atoms with Gasteiger partial charge in [-0.25, -0.2) is 0 Å². The van der Waals surface area contributed by atoms with Gasteiger partial charge in [0.25, 0.3) is 5.56 Å². The smallest absolute Gasteiger partial charge is 0.307 e. The van der Waals surface area contributed by atoms with Crippen molar-refractivity contribution in [3.63, 3.8) is 0 Å². The summed E-state index contributed by atoms with van der Waals surface area (Å²) in [6.07, 6.45) is 1.84. The molecule has 0 saturated heterocycles. The number of carbonyl (C=O) groups is 1. The van der Waals surface area contributed by atoms with Crippen molar-refractivity contribution < 1.29 is 9.90 Å². The van der Waals surface area contributed by atoms with E-state index in [1.54, 1.807) is 12.1 Å². The first-order valence-corrected chi connectivity index (χ1v) is 4.38. The van der Waals surface area contributed by atoms with Crippen molar-refractivity contribution >= 4 is 11.7 Å². The molecule has 0 bridgehead atoms. The summed E-state index contributed by atoms with van der Waals surface area (Å²) in [5.41, 5.74) is 5.92. The van der Waals surface area contributed by atoms with Crippen molar-refractivity contribution in [2.24, 2.45) is 0 Å². The van der Waals surface area contributed by atoms with Crippen LogP contribution in [-0.4, -0.2) is 16.1 Å². The Labute approximate surface area is 86.2 Å². The van der Waals surface area contributed by atoms with E-state index >= 15 is 0 Å². The third-order valence-corrected chi connectivity index (χ3v) is 1.92. The minimum Gasteiger partial charge on any atom is -0.481 e. The molecule has 0 fully saturated rings. The number of H-pyrrole nitrogens is 1. The SMILES string of the molecule is C=CCc1cc(CC(=O)O)c(N)c(=O)[nH]1. The van der Waals surface area contributed by atoms with Gasteiger partial charge in [-0.3, -0.25) is 9.59 Å². The Hall–Kier alpha value is -2.04. The molecular weight excluding hydrogens is 196 g/mol. The van der Waals surface area contributed by atoms with Gasteiger partial charge in [-0.2, -0.15) is 0 Å². The fraction of sp³-hybridized carbons (Fsp3) is 0.200. The molecule has 0 saturated carbocycles. The number of aromatic nitrogens is 1. The lowest BCUT2D eigenvalue weighted by Crippen LogP contribution is -2.18. The molecule has 5 heteroatoms. The molecule has 0 spiro atoms. The fourth-order valence-corrected chi connectivity index (χ4v) is 1.26. The van der Waals surface area contributed by atoms with Gasteiger partial charge in [-0.1, -0.05) is 6.08 Å². The van der Waals surface area contributed by atoms with Crippen LogP contribution in [0.4, 0.5) is 5.69 Å². The van der Waals surface area contributed by atoms with Crippen LogP contribution in [0, 0.1) is 0 Å². The van der Waals surface area contributed by atoms with E-state index in [0.717, 1.165) is 0 Å². The zero-order chi connectivity index (χ0) is 11.4. The van der Waals surface area contributed by atoms with Gasteiger partial charge >= 0.3 is 5.97 Å². The van der Waals surface area contributed by atoms with E-state index in [1.165, 1.54) is 0 Å². The van der Waals surface area contributed by atoms with Crippen LogP contribution in [0.5, 0.6) is 0 Å². The summed E-state index contributed by atoms with van der Waals surface area (Å²) in [5.74, 6) is -1.02. The summed E-state index contributed by atoms with van der Waals surface area (Å²) < 4.78 is 0.